The minimum atomic E-state index is -0.615. The van der Waals surface area contributed by atoms with Crippen LogP contribution >= 0.6 is 0 Å². The van der Waals surface area contributed by atoms with Gasteiger partial charge in [0.25, 0.3) is 0 Å². The Labute approximate surface area is 173 Å². The second kappa shape index (κ2) is 9.26. The molecule has 156 valence electrons. The van der Waals surface area contributed by atoms with Crippen LogP contribution < -0.4 is 4.74 Å². The Hall–Kier alpha value is -3.61. The zero-order valence-electron chi connectivity index (χ0n) is 17.0. The standard InChI is InChI=1S/C23H22O7/c1-4-28-23(26)22-18(17-7-5-6-8-20(17)30-22)13-29-21(25)12-16-11-15(14(2)24)9-10-19(16)27-3/h5-11H,4,12-13H2,1-3H3. The summed E-state index contributed by atoms with van der Waals surface area (Å²) in [4.78, 5) is 36.4. The van der Waals surface area contributed by atoms with Crippen LogP contribution in [0.2, 0.25) is 0 Å². The molecule has 30 heavy (non-hydrogen) atoms. The summed E-state index contributed by atoms with van der Waals surface area (Å²) in [5.74, 6) is -0.763. The minimum Gasteiger partial charge on any atom is -0.496 e. The fourth-order valence-electron chi connectivity index (χ4n) is 3.10. The van der Waals surface area contributed by atoms with Gasteiger partial charge in [-0.15, -0.1) is 0 Å². The van der Waals surface area contributed by atoms with Gasteiger partial charge >= 0.3 is 11.9 Å². The summed E-state index contributed by atoms with van der Waals surface area (Å²) in [6.45, 7) is 3.19. The van der Waals surface area contributed by atoms with Crippen molar-refractivity contribution in [2.24, 2.45) is 0 Å². The number of ketones is 1. The molecular formula is C23H22O7. The highest BCUT2D eigenvalue weighted by atomic mass is 16.5. The van der Waals surface area contributed by atoms with Crippen molar-refractivity contribution in [3.05, 3.63) is 64.9 Å². The first kappa shape index (κ1) is 21.1. The summed E-state index contributed by atoms with van der Waals surface area (Å²) in [7, 11) is 1.49. The third-order valence-electron chi connectivity index (χ3n) is 4.56. The summed E-state index contributed by atoms with van der Waals surface area (Å²) in [5.41, 5.74) is 1.96. The number of fused-ring (bicyclic) bond motifs is 1. The van der Waals surface area contributed by atoms with Gasteiger partial charge in [0.15, 0.2) is 5.78 Å². The molecule has 0 N–H and O–H groups in total. The van der Waals surface area contributed by atoms with Gasteiger partial charge in [-0.1, -0.05) is 18.2 Å². The Morgan fingerprint density at radius 2 is 1.80 bits per heavy atom. The van der Waals surface area contributed by atoms with E-state index >= 15 is 0 Å². The van der Waals surface area contributed by atoms with Gasteiger partial charge in [0.2, 0.25) is 5.76 Å². The highest BCUT2D eigenvalue weighted by Gasteiger charge is 2.23. The van der Waals surface area contributed by atoms with Crippen molar-refractivity contribution in [1.82, 2.24) is 0 Å². The normalized spacial score (nSPS) is 10.6. The molecule has 0 unspecified atom stereocenters. The molecule has 1 aromatic heterocycles. The summed E-state index contributed by atoms with van der Waals surface area (Å²) in [5, 5.41) is 0.671. The molecule has 0 aliphatic carbocycles. The number of para-hydroxylation sites is 1. The average molecular weight is 410 g/mol. The number of ether oxygens (including phenoxy) is 3. The predicted octanol–water partition coefficient (Wildman–Crippen LogP) is 4.11. The quantitative estimate of drug-likeness (QED) is 0.408. The minimum absolute atomic E-state index is 0.0157. The molecule has 1 heterocycles. The number of carbonyl (C=O) groups excluding carboxylic acids is 3. The van der Waals surface area contributed by atoms with Gasteiger partial charge in [-0.2, -0.15) is 0 Å². The van der Waals surface area contributed by atoms with Crippen LogP contribution in [0.25, 0.3) is 11.0 Å². The first-order valence-electron chi connectivity index (χ1n) is 9.45. The number of carbonyl (C=O) groups is 3. The number of hydrogen-bond donors (Lipinski definition) is 0. The van der Waals surface area contributed by atoms with Crippen LogP contribution in [0.1, 0.15) is 45.9 Å². The molecule has 0 bridgehead atoms. The van der Waals surface area contributed by atoms with E-state index in [4.69, 9.17) is 18.6 Å². The van der Waals surface area contributed by atoms with Crippen LogP contribution in [-0.4, -0.2) is 31.4 Å². The molecule has 0 amide bonds. The van der Waals surface area contributed by atoms with Gasteiger partial charge in [0, 0.05) is 16.5 Å². The number of benzene rings is 2. The monoisotopic (exact) mass is 410 g/mol. The fourth-order valence-corrected chi connectivity index (χ4v) is 3.10. The molecule has 0 radical (unpaired) electrons. The lowest BCUT2D eigenvalue weighted by Crippen LogP contribution is -2.12. The van der Waals surface area contributed by atoms with Gasteiger partial charge in [-0.25, -0.2) is 4.79 Å². The second-order valence-electron chi connectivity index (χ2n) is 6.55. The van der Waals surface area contributed by atoms with Crippen molar-refractivity contribution < 1.29 is 33.0 Å². The highest BCUT2D eigenvalue weighted by Crippen LogP contribution is 2.28. The maximum Gasteiger partial charge on any atom is 0.374 e. The maximum absolute atomic E-state index is 12.5. The molecule has 0 fully saturated rings. The van der Waals surface area contributed by atoms with Crippen LogP contribution in [0.4, 0.5) is 0 Å². The number of hydrogen-bond acceptors (Lipinski definition) is 7. The lowest BCUT2D eigenvalue weighted by Gasteiger charge is -2.10. The van der Waals surface area contributed by atoms with E-state index in [-0.39, 0.29) is 31.2 Å². The van der Waals surface area contributed by atoms with Crippen LogP contribution in [0.5, 0.6) is 5.75 Å². The van der Waals surface area contributed by atoms with E-state index in [1.165, 1.54) is 14.0 Å². The molecule has 0 spiro atoms. The molecule has 2 aromatic carbocycles. The Balaban J connectivity index is 1.81. The van der Waals surface area contributed by atoms with Crippen LogP contribution in [0.15, 0.2) is 46.9 Å². The average Bonchev–Trinajstić information content (AvgIpc) is 3.11. The lowest BCUT2D eigenvalue weighted by atomic mass is 10.0. The van der Waals surface area contributed by atoms with E-state index < -0.39 is 11.9 Å². The van der Waals surface area contributed by atoms with Crippen LogP contribution in [-0.2, 0) is 27.3 Å². The summed E-state index contributed by atoms with van der Waals surface area (Å²) in [6.07, 6.45) is -0.0885. The molecule has 0 saturated carbocycles. The Morgan fingerprint density at radius 1 is 1.03 bits per heavy atom. The summed E-state index contributed by atoms with van der Waals surface area (Å²) in [6, 6.07) is 12.0. The SMILES string of the molecule is CCOC(=O)c1oc2ccccc2c1COC(=O)Cc1cc(C(C)=O)ccc1OC. The zero-order valence-corrected chi connectivity index (χ0v) is 17.0. The highest BCUT2D eigenvalue weighted by molar-refractivity contribution is 5.96. The van der Waals surface area contributed by atoms with E-state index in [0.717, 1.165) is 0 Å². The van der Waals surface area contributed by atoms with Crippen LogP contribution in [0, 0.1) is 0 Å². The fraction of sp³-hybridized carbons (Fsp3) is 0.261. The van der Waals surface area contributed by atoms with Crippen molar-refractivity contribution in [3.8, 4) is 5.75 Å². The van der Waals surface area contributed by atoms with Gasteiger partial charge in [-0.3, -0.25) is 9.59 Å². The molecule has 3 rings (SSSR count). The van der Waals surface area contributed by atoms with Crippen molar-refractivity contribution in [3.63, 3.8) is 0 Å². The van der Waals surface area contributed by atoms with E-state index in [1.54, 1.807) is 49.4 Å². The predicted molar refractivity (Wildman–Crippen MR) is 109 cm³/mol. The van der Waals surface area contributed by atoms with E-state index in [0.29, 0.717) is 33.4 Å². The summed E-state index contributed by atoms with van der Waals surface area (Å²) >= 11 is 0. The molecule has 0 saturated heterocycles. The molecule has 0 aliphatic rings. The molecule has 3 aromatic rings. The number of Topliss-reactive ketones (excluding diaryl/α,β-unsaturated/α-hetero) is 1. The number of methoxy groups -OCH3 is 1. The molecular weight excluding hydrogens is 388 g/mol. The topological polar surface area (TPSA) is 92.0 Å². The van der Waals surface area contributed by atoms with Gasteiger partial charge in [-0.05, 0) is 38.1 Å². The van der Waals surface area contributed by atoms with E-state index in [1.807, 2.05) is 0 Å². The van der Waals surface area contributed by atoms with E-state index in [2.05, 4.69) is 0 Å². The summed E-state index contributed by atoms with van der Waals surface area (Å²) < 4.78 is 21.4. The largest absolute Gasteiger partial charge is 0.496 e. The van der Waals surface area contributed by atoms with Crippen LogP contribution in [0.3, 0.4) is 0 Å². The Bertz CT molecular complexity index is 1090. The lowest BCUT2D eigenvalue weighted by molar-refractivity contribution is -0.144. The first-order valence-corrected chi connectivity index (χ1v) is 9.45. The second-order valence-corrected chi connectivity index (χ2v) is 6.55. The maximum atomic E-state index is 12.5. The van der Waals surface area contributed by atoms with E-state index in [9.17, 15) is 14.4 Å². The van der Waals surface area contributed by atoms with Gasteiger partial charge in [0.05, 0.1) is 25.7 Å². The Kier molecular flexibility index (Phi) is 6.51. The first-order chi connectivity index (χ1) is 14.4. The molecule has 0 aliphatic heterocycles. The number of furan rings is 1. The smallest absolute Gasteiger partial charge is 0.374 e. The van der Waals surface area contributed by atoms with Crippen molar-refractivity contribution >= 4 is 28.7 Å². The third-order valence-corrected chi connectivity index (χ3v) is 4.56. The van der Waals surface area contributed by atoms with Crippen molar-refractivity contribution in [2.75, 3.05) is 13.7 Å². The molecule has 0 atom stereocenters. The molecule has 7 nitrogen and oxygen atoms in total. The number of rotatable bonds is 8. The van der Waals surface area contributed by atoms with Gasteiger partial charge in [0.1, 0.15) is 17.9 Å². The Morgan fingerprint density at radius 3 is 2.50 bits per heavy atom. The van der Waals surface area contributed by atoms with Gasteiger partial charge < -0.3 is 18.6 Å². The van der Waals surface area contributed by atoms with Crippen molar-refractivity contribution in [1.29, 1.82) is 0 Å². The van der Waals surface area contributed by atoms with Crippen molar-refractivity contribution in [2.45, 2.75) is 26.9 Å². The third kappa shape index (κ3) is 4.51. The zero-order chi connectivity index (χ0) is 21.7. The number of esters is 2. The molecule has 7 heteroatoms.